The summed E-state index contributed by atoms with van der Waals surface area (Å²) in [5.41, 5.74) is 0.235. The minimum atomic E-state index is -0.856. The van der Waals surface area contributed by atoms with Crippen molar-refractivity contribution in [2.24, 2.45) is 0 Å². The molecular formula is C18H19NO4SSe. The van der Waals surface area contributed by atoms with Crippen molar-refractivity contribution < 1.29 is 19.2 Å². The zero-order valence-electron chi connectivity index (χ0n) is 14.2. The topological polar surface area (TPSA) is 55.8 Å². The van der Waals surface area contributed by atoms with E-state index in [-0.39, 0.29) is 21.5 Å². The van der Waals surface area contributed by atoms with Crippen LogP contribution in [-0.4, -0.2) is 44.2 Å². The van der Waals surface area contributed by atoms with E-state index >= 15 is 0 Å². The number of hydroxylamine groups is 2. The van der Waals surface area contributed by atoms with Crippen LogP contribution in [0.5, 0.6) is 0 Å². The molecule has 1 saturated heterocycles. The molecule has 1 aliphatic heterocycles. The molecule has 1 unspecified atom stereocenters. The summed E-state index contributed by atoms with van der Waals surface area (Å²) in [6.45, 7) is 5.50. The summed E-state index contributed by atoms with van der Waals surface area (Å²) in [4.78, 5) is 30.5. The maximum absolute atomic E-state index is 12.8. The van der Waals surface area contributed by atoms with Crippen molar-refractivity contribution >= 4 is 42.8 Å². The summed E-state index contributed by atoms with van der Waals surface area (Å²) in [5.74, 6) is -0.402. The van der Waals surface area contributed by atoms with Gasteiger partial charge in [0.2, 0.25) is 0 Å². The minimum absolute atomic E-state index is 0.159. The van der Waals surface area contributed by atoms with Gasteiger partial charge in [0.05, 0.1) is 0 Å². The monoisotopic (exact) mass is 425 g/mol. The molecule has 25 heavy (non-hydrogen) atoms. The summed E-state index contributed by atoms with van der Waals surface area (Å²) < 4.78 is 5.57. The molecule has 1 amide bonds. The van der Waals surface area contributed by atoms with Gasteiger partial charge < -0.3 is 0 Å². The molecule has 0 bridgehead atoms. The molecule has 1 atom stereocenters. The molecule has 1 aromatic carbocycles. The van der Waals surface area contributed by atoms with Gasteiger partial charge in [-0.1, -0.05) is 0 Å². The van der Waals surface area contributed by atoms with E-state index < -0.39 is 22.0 Å². The molecule has 1 fully saturated rings. The van der Waals surface area contributed by atoms with Gasteiger partial charge in [0.25, 0.3) is 0 Å². The predicted octanol–water partition coefficient (Wildman–Crippen LogP) is 2.68. The van der Waals surface area contributed by atoms with Gasteiger partial charge in [-0.25, -0.2) is 0 Å². The van der Waals surface area contributed by atoms with Crippen LogP contribution < -0.4 is 4.46 Å². The van der Waals surface area contributed by atoms with Crippen LogP contribution in [0.15, 0.2) is 47.2 Å². The van der Waals surface area contributed by atoms with Crippen molar-refractivity contribution in [1.29, 1.82) is 0 Å². The van der Waals surface area contributed by atoms with Gasteiger partial charge in [-0.2, -0.15) is 0 Å². The van der Waals surface area contributed by atoms with Crippen LogP contribution >= 0.6 is 11.3 Å². The third-order valence-electron chi connectivity index (χ3n) is 3.51. The second kappa shape index (κ2) is 6.83. The van der Waals surface area contributed by atoms with Crippen LogP contribution in [0.2, 0.25) is 0 Å². The molecule has 132 valence electrons. The first-order valence-corrected chi connectivity index (χ1v) is 10.5. The molecular weight excluding hydrogens is 405 g/mol. The molecule has 0 radical (unpaired) electrons. The molecule has 2 heterocycles. The van der Waals surface area contributed by atoms with Crippen LogP contribution in [0.25, 0.3) is 0 Å². The average molecular weight is 424 g/mol. The van der Waals surface area contributed by atoms with Crippen LogP contribution in [0, 0.1) is 0 Å². The van der Waals surface area contributed by atoms with Gasteiger partial charge in [0, 0.05) is 0 Å². The first-order chi connectivity index (χ1) is 11.8. The molecule has 5 nitrogen and oxygen atoms in total. The molecule has 0 saturated carbocycles. The molecule has 7 heteroatoms. The second-order valence-corrected chi connectivity index (χ2v) is 10.3. The van der Waals surface area contributed by atoms with Crippen molar-refractivity contribution in [3.8, 4) is 0 Å². The van der Waals surface area contributed by atoms with Gasteiger partial charge in [-0.3, -0.25) is 0 Å². The normalized spacial score (nSPS) is 20.4. The van der Waals surface area contributed by atoms with Crippen molar-refractivity contribution in [3.63, 3.8) is 0 Å². The van der Waals surface area contributed by atoms with Gasteiger partial charge in [0.15, 0.2) is 0 Å². The number of hydrogen-bond acceptors (Lipinski definition) is 5. The Hall–Kier alpha value is -1.82. The number of rotatable bonds is 3. The van der Waals surface area contributed by atoms with E-state index in [0.717, 1.165) is 15.1 Å². The van der Waals surface area contributed by atoms with Crippen LogP contribution in [0.3, 0.4) is 0 Å². The number of nitrogens with zero attached hydrogens (tertiary/aromatic N) is 1. The first-order valence-electron chi connectivity index (χ1n) is 7.80. The van der Waals surface area contributed by atoms with E-state index in [1.165, 1.54) is 11.3 Å². The summed E-state index contributed by atoms with van der Waals surface area (Å²) in [7, 11) is 0. The van der Waals surface area contributed by atoms with Crippen molar-refractivity contribution in [1.82, 2.24) is 5.06 Å². The average Bonchev–Trinajstić information content (AvgIpc) is 3.16. The SMILES string of the molecule is CC(C)(C)OC(=O)N1CC([Se]c2ccccc2)(c2ccsc2)C(=O)O1. The number of carbonyl (C=O) groups excluding carboxylic acids is 2. The Morgan fingerprint density at radius 3 is 2.60 bits per heavy atom. The van der Waals surface area contributed by atoms with Crippen molar-refractivity contribution in [2.75, 3.05) is 6.54 Å². The van der Waals surface area contributed by atoms with Crippen molar-refractivity contribution in [2.45, 2.75) is 30.7 Å². The molecule has 0 N–H and O–H groups in total. The van der Waals surface area contributed by atoms with Gasteiger partial charge in [-0.15, -0.1) is 0 Å². The van der Waals surface area contributed by atoms with E-state index in [2.05, 4.69) is 0 Å². The summed E-state index contributed by atoms with van der Waals surface area (Å²) in [6, 6.07) is 11.8. The fourth-order valence-electron chi connectivity index (χ4n) is 2.41. The maximum atomic E-state index is 12.8. The molecule has 1 aliphatic rings. The van der Waals surface area contributed by atoms with E-state index in [9.17, 15) is 9.59 Å². The standard InChI is InChI=1S/C18H19NO4SSe/c1-17(2,3)22-16(21)19-12-18(15(20)23-19,13-9-10-24-11-13)25-14-7-5-4-6-8-14/h4-11H,12H2,1-3H3. The fraction of sp³-hybridized carbons (Fsp3) is 0.333. The number of ether oxygens (including phenoxy) is 1. The zero-order valence-corrected chi connectivity index (χ0v) is 16.8. The third kappa shape index (κ3) is 3.89. The van der Waals surface area contributed by atoms with Gasteiger partial charge in [-0.05, 0) is 0 Å². The Labute approximate surface area is 157 Å². The molecule has 0 aliphatic carbocycles. The zero-order chi connectivity index (χ0) is 18.1. The predicted molar refractivity (Wildman–Crippen MR) is 96.9 cm³/mol. The van der Waals surface area contributed by atoms with Crippen LogP contribution in [-0.2, 0) is 18.7 Å². The second-order valence-electron chi connectivity index (χ2n) is 6.65. The number of benzene rings is 1. The summed E-state index contributed by atoms with van der Waals surface area (Å²) in [5, 5.41) is 4.93. The van der Waals surface area contributed by atoms with Crippen LogP contribution in [0.4, 0.5) is 4.79 Å². The van der Waals surface area contributed by atoms with E-state index in [4.69, 9.17) is 9.57 Å². The fourth-order valence-corrected chi connectivity index (χ4v) is 5.92. The Bertz CT molecular complexity index is 757. The quantitative estimate of drug-likeness (QED) is 0.711. The van der Waals surface area contributed by atoms with Gasteiger partial charge >= 0.3 is 157 Å². The van der Waals surface area contributed by atoms with Gasteiger partial charge in [0.1, 0.15) is 0 Å². The number of hydrogen-bond donors (Lipinski definition) is 0. The van der Waals surface area contributed by atoms with Crippen molar-refractivity contribution in [3.05, 3.63) is 52.7 Å². The Morgan fingerprint density at radius 1 is 1.28 bits per heavy atom. The Morgan fingerprint density at radius 2 is 2.00 bits per heavy atom. The summed E-state index contributed by atoms with van der Waals surface area (Å²) in [6.07, 6.45) is -0.637. The first kappa shape index (κ1) is 18.0. The molecule has 3 rings (SSSR count). The number of thiophene rings is 1. The van der Waals surface area contributed by atoms with E-state index in [1.54, 1.807) is 20.8 Å². The van der Waals surface area contributed by atoms with Crippen LogP contribution in [0.1, 0.15) is 26.3 Å². The van der Waals surface area contributed by atoms with E-state index in [0.29, 0.717) is 0 Å². The molecule has 2 aromatic rings. The molecule has 0 spiro atoms. The number of carbonyl (C=O) groups is 2. The molecule has 1 aromatic heterocycles. The summed E-state index contributed by atoms with van der Waals surface area (Å²) >= 11 is 1.29. The Balaban J connectivity index is 1.90. The number of amides is 1. The third-order valence-corrected chi connectivity index (χ3v) is 7.10. The van der Waals surface area contributed by atoms with E-state index in [1.807, 2.05) is 47.2 Å². The Kier molecular flexibility index (Phi) is 4.91.